The molecule has 0 saturated heterocycles. The van der Waals surface area contributed by atoms with Gasteiger partial charge in [-0.3, -0.25) is 0 Å². The lowest BCUT2D eigenvalue weighted by Gasteiger charge is -2.42. The molecule has 4 aromatic rings. The Balaban J connectivity index is 1.43. The Labute approximate surface area is 270 Å². The molecule has 3 aliphatic rings. The Bertz CT molecular complexity index is 1880. The number of fused-ring (bicyclic) bond motifs is 6. The first-order valence-corrected chi connectivity index (χ1v) is 16.8. The van der Waals surface area contributed by atoms with E-state index in [4.69, 9.17) is 4.42 Å². The van der Waals surface area contributed by atoms with Gasteiger partial charge in [0.15, 0.2) is 0 Å². The first-order valence-electron chi connectivity index (χ1n) is 16.8. The van der Waals surface area contributed by atoms with Crippen LogP contribution in [-0.4, -0.2) is 13.3 Å². The van der Waals surface area contributed by atoms with Gasteiger partial charge in [-0.1, -0.05) is 83.3 Å². The quantitative estimate of drug-likeness (QED) is 0.169. The van der Waals surface area contributed by atoms with Crippen LogP contribution in [0.5, 0.6) is 0 Å². The van der Waals surface area contributed by atoms with Gasteiger partial charge < -0.3 is 14.2 Å². The molecule has 0 N–H and O–H groups in total. The summed E-state index contributed by atoms with van der Waals surface area (Å²) in [6, 6.07) is 20.8. The summed E-state index contributed by atoms with van der Waals surface area (Å²) in [6.45, 7) is 23.5. The van der Waals surface area contributed by atoms with Crippen LogP contribution in [0.2, 0.25) is 0 Å². The highest BCUT2D eigenvalue weighted by molar-refractivity contribution is 6.85. The highest BCUT2D eigenvalue weighted by Crippen LogP contribution is 2.49. The van der Waals surface area contributed by atoms with E-state index in [9.17, 15) is 0 Å². The Morgan fingerprint density at radius 2 is 1.62 bits per heavy atom. The molecule has 4 heteroatoms. The molecule has 3 aromatic carbocycles. The van der Waals surface area contributed by atoms with Crippen LogP contribution in [0.4, 0.5) is 17.1 Å². The molecule has 0 fully saturated rings. The zero-order chi connectivity index (χ0) is 31.8. The van der Waals surface area contributed by atoms with E-state index in [-0.39, 0.29) is 17.5 Å². The molecule has 0 unspecified atom stereocenters. The second-order valence-corrected chi connectivity index (χ2v) is 15.3. The van der Waals surface area contributed by atoms with Crippen molar-refractivity contribution in [3.8, 4) is 0 Å². The predicted octanol–water partition coefficient (Wildman–Crippen LogP) is 10.2. The molecule has 45 heavy (non-hydrogen) atoms. The fourth-order valence-corrected chi connectivity index (χ4v) is 7.80. The molecule has 0 bridgehead atoms. The van der Waals surface area contributed by atoms with Crippen LogP contribution in [0.1, 0.15) is 95.0 Å². The fourth-order valence-electron chi connectivity index (χ4n) is 7.80. The number of furan rings is 1. The molecule has 7 rings (SSSR count). The van der Waals surface area contributed by atoms with Gasteiger partial charge in [0.05, 0.1) is 11.3 Å². The largest absolute Gasteiger partial charge is 0.468 e. The van der Waals surface area contributed by atoms with E-state index in [0.717, 1.165) is 24.2 Å². The van der Waals surface area contributed by atoms with E-state index in [1.54, 1.807) is 0 Å². The molecule has 1 aliphatic carbocycles. The molecular formula is C41H47BN2O. The van der Waals surface area contributed by atoms with Gasteiger partial charge in [0.2, 0.25) is 0 Å². The van der Waals surface area contributed by atoms with Gasteiger partial charge in [-0.15, -0.1) is 6.58 Å². The maximum atomic E-state index is 7.01. The van der Waals surface area contributed by atoms with Crippen molar-refractivity contribution in [1.29, 1.82) is 0 Å². The first kappa shape index (κ1) is 29.8. The third kappa shape index (κ3) is 4.89. The van der Waals surface area contributed by atoms with Crippen molar-refractivity contribution in [2.45, 2.75) is 91.4 Å². The second-order valence-electron chi connectivity index (χ2n) is 15.3. The molecule has 3 nitrogen and oxygen atoms in total. The van der Waals surface area contributed by atoms with E-state index in [2.05, 4.69) is 139 Å². The highest BCUT2D eigenvalue weighted by Gasteiger charge is 2.42. The Kier molecular flexibility index (Phi) is 7.00. The lowest BCUT2D eigenvalue weighted by molar-refractivity contribution is 0.332. The molecule has 230 valence electrons. The number of hydrogen-bond acceptors (Lipinski definition) is 3. The zero-order valence-electron chi connectivity index (χ0n) is 28.4. The minimum Gasteiger partial charge on any atom is -0.468 e. The maximum absolute atomic E-state index is 7.01. The van der Waals surface area contributed by atoms with Gasteiger partial charge in [0.25, 0.3) is 6.71 Å². The van der Waals surface area contributed by atoms with Crippen molar-refractivity contribution in [3.05, 3.63) is 118 Å². The molecule has 1 aromatic heterocycles. The minimum absolute atomic E-state index is 0.101. The van der Waals surface area contributed by atoms with Crippen molar-refractivity contribution in [2.24, 2.45) is 0 Å². The van der Waals surface area contributed by atoms with E-state index < -0.39 is 0 Å². The van der Waals surface area contributed by atoms with Crippen molar-refractivity contribution >= 4 is 40.4 Å². The third-order valence-corrected chi connectivity index (χ3v) is 10.8. The van der Waals surface area contributed by atoms with Crippen molar-refractivity contribution in [1.82, 2.24) is 0 Å². The van der Waals surface area contributed by atoms with E-state index in [0.29, 0.717) is 5.92 Å². The number of hydrogen-bond donors (Lipinski definition) is 0. The topological polar surface area (TPSA) is 19.6 Å². The summed E-state index contributed by atoms with van der Waals surface area (Å²) in [5.41, 5.74) is 15.4. The summed E-state index contributed by atoms with van der Waals surface area (Å²) in [5, 5.41) is 1.24. The minimum atomic E-state index is 0.101. The molecular weight excluding hydrogens is 547 g/mol. The number of benzene rings is 3. The standard InChI is InChI=1S/C41H47BN2O/c1-10-11-29-13-12-27(4)36(20-29)43-24-31-25-44(32-16-14-30(15-17-32)26(2)3)38-33-21-34-35(41(8,9)19-18-40(34,6)7)22-37(33)45-39(38)42(31)23-28(43)5/h10,12-17,20-24,26H,1,11,18-19,25H2,2-9H3. The van der Waals surface area contributed by atoms with Gasteiger partial charge in [0, 0.05) is 35.2 Å². The molecule has 0 amide bonds. The van der Waals surface area contributed by atoms with Crippen molar-refractivity contribution in [2.75, 3.05) is 16.3 Å². The van der Waals surface area contributed by atoms with Gasteiger partial charge >= 0.3 is 0 Å². The predicted molar refractivity (Wildman–Crippen MR) is 194 cm³/mol. The molecule has 0 radical (unpaired) electrons. The van der Waals surface area contributed by atoms with Crippen LogP contribution in [0, 0.1) is 6.92 Å². The summed E-state index contributed by atoms with van der Waals surface area (Å²) in [4.78, 5) is 4.89. The maximum Gasteiger partial charge on any atom is 0.284 e. The molecule has 0 saturated carbocycles. The number of rotatable bonds is 5. The highest BCUT2D eigenvalue weighted by atomic mass is 16.3. The summed E-state index contributed by atoms with van der Waals surface area (Å²) in [6.07, 6.45) is 7.61. The molecule has 0 spiro atoms. The Morgan fingerprint density at radius 3 is 2.29 bits per heavy atom. The average molecular weight is 595 g/mol. The van der Waals surface area contributed by atoms with Crippen LogP contribution in [0.25, 0.3) is 11.0 Å². The lowest BCUT2D eigenvalue weighted by Crippen LogP contribution is -2.47. The monoisotopic (exact) mass is 594 g/mol. The molecule has 2 aliphatic heterocycles. The number of anilines is 3. The van der Waals surface area contributed by atoms with Crippen LogP contribution < -0.4 is 15.5 Å². The summed E-state index contributed by atoms with van der Waals surface area (Å²) >= 11 is 0. The number of aryl methyl sites for hydroxylation is 1. The first-order chi connectivity index (χ1) is 21.4. The summed E-state index contributed by atoms with van der Waals surface area (Å²) in [7, 11) is 0. The third-order valence-electron chi connectivity index (χ3n) is 10.8. The van der Waals surface area contributed by atoms with Crippen LogP contribution in [-0.2, 0) is 17.3 Å². The fraction of sp³-hybridized carbons (Fsp3) is 0.366. The number of nitrogens with zero attached hydrogens (tertiary/aromatic N) is 2. The van der Waals surface area contributed by atoms with Gasteiger partial charge in [-0.2, -0.15) is 0 Å². The van der Waals surface area contributed by atoms with Crippen molar-refractivity contribution in [3.63, 3.8) is 0 Å². The van der Waals surface area contributed by atoms with Crippen LogP contribution in [0.15, 0.2) is 95.0 Å². The van der Waals surface area contributed by atoms with Crippen molar-refractivity contribution < 1.29 is 4.42 Å². The second kappa shape index (κ2) is 10.6. The summed E-state index contributed by atoms with van der Waals surface area (Å²) in [5.74, 6) is 2.92. The van der Waals surface area contributed by atoms with E-state index >= 15 is 0 Å². The van der Waals surface area contributed by atoms with Gasteiger partial charge in [-0.05, 0) is 108 Å². The molecule has 3 heterocycles. The Morgan fingerprint density at radius 1 is 0.933 bits per heavy atom. The Hall–Kier alpha value is -3.92. The molecule has 0 atom stereocenters. The average Bonchev–Trinajstić information content (AvgIpc) is 3.39. The zero-order valence-corrected chi connectivity index (χ0v) is 28.4. The normalized spacial score (nSPS) is 18.4. The number of allylic oxidation sites excluding steroid dienone is 2. The SMILES string of the molecule is C=CCc1ccc(C)c(N2C=C3CN(c4ccc(C(C)C)cc4)c4c(oc5cc6c(cc45)C(C)(C)CCC6(C)C)B3C=C2C)c1. The summed E-state index contributed by atoms with van der Waals surface area (Å²) < 4.78 is 7.01. The van der Waals surface area contributed by atoms with E-state index in [1.165, 1.54) is 74.3 Å². The lowest BCUT2D eigenvalue weighted by atomic mass is 9.40. The van der Waals surface area contributed by atoms with Gasteiger partial charge in [-0.25, -0.2) is 0 Å². The van der Waals surface area contributed by atoms with Crippen LogP contribution in [0.3, 0.4) is 0 Å². The van der Waals surface area contributed by atoms with Gasteiger partial charge in [0.1, 0.15) is 5.58 Å². The van der Waals surface area contributed by atoms with Crippen LogP contribution >= 0.6 is 0 Å². The smallest absolute Gasteiger partial charge is 0.284 e. The van der Waals surface area contributed by atoms with E-state index in [1.807, 2.05) is 6.08 Å².